The number of fused-ring (bicyclic) bond motifs is 1. The lowest BCUT2D eigenvalue weighted by atomic mass is 9.85. The summed E-state index contributed by atoms with van der Waals surface area (Å²) in [5, 5.41) is 16.5. The smallest absolute Gasteiger partial charge is 0.271 e. The summed E-state index contributed by atoms with van der Waals surface area (Å²) in [7, 11) is -3.87. The van der Waals surface area contributed by atoms with Gasteiger partial charge in [-0.1, -0.05) is 30.3 Å². The molecule has 0 aromatic heterocycles. The van der Waals surface area contributed by atoms with E-state index in [1.165, 1.54) is 18.2 Å². The fourth-order valence-corrected chi connectivity index (χ4v) is 3.64. The summed E-state index contributed by atoms with van der Waals surface area (Å²) >= 11 is 0. The van der Waals surface area contributed by atoms with Gasteiger partial charge in [0.05, 0.1) is 16.3 Å². The van der Waals surface area contributed by atoms with Crippen molar-refractivity contribution >= 4 is 27.3 Å². The zero-order valence-electron chi connectivity index (χ0n) is 15.5. The molecule has 0 atom stereocenters. The second-order valence-electron chi connectivity index (χ2n) is 7.17. The quantitative estimate of drug-likeness (QED) is 0.535. The highest BCUT2D eigenvalue weighted by molar-refractivity contribution is 7.89. The molecule has 9 heteroatoms. The molecule has 1 aliphatic heterocycles. The van der Waals surface area contributed by atoms with Gasteiger partial charge in [0.2, 0.25) is 10.0 Å². The summed E-state index contributed by atoms with van der Waals surface area (Å²) in [6, 6.07) is 13.3. The summed E-state index contributed by atoms with van der Waals surface area (Å²) in [5.41, 5.74) is 7.83. The third kappa shape index (κ3) is 4.26. The molecule has 3 rings (SSSR count). The van der Waals surface area contributed by atoms with E-state index < -0.39 is 15.9 Å². The number of azo groups is 1. The van der Waals surface area contributed by atoms with Crippen molar-refractivity contribution in [3.05, 3.63) is 65.4 Å². The van der Waals surface area contributed by atoms with E-state index in [9.17, 15) is 13.2 Å². The minimum absolute atomic E-state index is 0.0405. The van der Waals surface area contributed by atoms with Crippen molar-refractivity contribution in [1.29, 1.82) is 0 Å². The number of nitrogens with one attached hydrogen (secondary N) is 1. The fourth-order valence-electron chi connectivity index (χ4n) is 3.08. The number of nitrogens with zero attached hydrogens (tertiary/aromatic N) is 2. The largest absolute Gasteiger partial charge is 0.377 e. The molecule has 0 bridgehead atoms. The molecule has 0 aliphatic carbocycles. The molecule has 1 heterocycles. The number of rotatable bonds is 4. The Balaban J connectivity index is 2.10. The van der Waals surface area contributed by atoms with Crippen molar-refractivity contribution in [2.75, 3.05) is 0 Å². The van der Waals surface area contributed by atoms with E-state index in [2.05, 4.69) is 15.5 Å². The van der Waals surface area contributed by atoms with Crippen LogP contribution in [0.25, 0.3) is 5.70 Å². The van der Waals surface area contributed by atoms with Crippen molar-refractivity contribution in [3.8, 4) is 0 Å². The van der Waals surface area contributed by atoms with Gasteiger partial charge in [0.15, 0.2) is 5.70 Å². The summed E-state index contributed by atoms with van der Waals surface area (Å²) in [4.78, 5) is 12.0. The van der Waals surface area contributed by atoms with E-state index in [-0.39, 0.29) is 21.8 Å². The van der Waals surface area contributed by atoms with Gasteiger partial charge in [-0.3, -0.25) is 4.79 Å². The number of primary amides is 1. The van der Waals surface area contributed by atoms with Gasteiger partial charge < -0.3 is 11.1 Å². The molecular formula is C19H21N5O3S. The number of nitrogens with two attached hydrogens (primary N) is 2. The van der Waals surface area contributed by atoms with Gasteiger partial charge in [0.25, 0.3) is 5.91 Å². The van der Waals surface area contributed by atoms with Crippen molar-refractivity contribution in [3.63, 3.8) is 0 Å². The number of amides is 1. The van der Waals surface area contributed by atoms with Crippen LogP contribution in [0.1, 0.15) is 25.0 Å². The standard InChI is InChI=1S/C19H21N5O3S/c1-19(2)11-12-6-3-4-9-15(12)16(22-19)17(18(20)25)24-23-13-7-5-8-14(10-13)28(21,26)27/h3-10,22H,11H2,1-2H3,(H2,20,25)(H2,21,26,27)/b17-16+,24-23+. The molecule has 28 heavy (non-hydrogen) atoms. The monoisotopic (exact) mass is 399 g/mol. The molecule has 0 saturated heterocycles. The summed E-state index contributed by atoms with van der Waals surface area (Å²) in [5.74, 6) is -0.749. The van der Waals surface area contributed by atoms with E-state index in [4.69, 9.17) is 10.9 Å². The highest BCUT2D eigenvalue weighted by Crippen LogP contribution is 2.32. The van der Waals surface area contributed by atoms with Crippen LogP contribution in [0.15, 0.2) is 69.4 Å². The number of benzene rings is 2. The van der Waals surface area contributed by atoms with Crippen LogP contribution >= 0.6 is 0 Å². The topological polar surface area (TPSA) is 140 Å². The average molecular weight is 399 g/mol. The second kappa shape index (κ2) is 7.17. The average Bonchev–Trinajstić information content (AvgIpc) is 2.60. The maximum Gasteiger partial charge on any atom is 0.271 e. The number of sulfonamides is 1. The van der Waals surface area contributed by atoms with Crippen molar-refractivity contribution in [2.45, 2.75) is 30.7 Å². The van der Waals surface area contributed by atoms with Crippen LogP contribution in [0.5, 0.6) is 0 Å². The minimum atomic E-state index is -3.87. The van der Waals surface area contributed by atoms with Crippen LogP contribution in [-0.2, 0) is 21.2 Å². The summed E-state index contributed by atoms with van der Waals surface area (Å²) in [6.07, 6.45) is 0.770. The Morgan fingerprint density at radius 3 is 2.54 bits per heavy atom. The van der Waals surface area contributed by atoms with Gasteiger partial charge in [0, 0.05) is 11.1 Å². The molecule has 0 radical (unpaired) electrons. The Morgan fingerprint density at radius 2 is 1.86 bits per heavy atom. The van der Waals surface area contributed by atoms with Gasteiger partial charge in [-0.25, -0.2) is 13.6 Å². The van der Waals surface area contributed by atoms with Gasteiger partial charge in [0.1, 0.15) is 0 Å². The SMILES string of the molecule is CC1(C)Cc2ccccc2/C(=C(\N=N\c2cccc(S(N)(=O)=O)c2)C(N)=O)N1. The van der Waals surface area contributed by atoms with Crippen LogP contribution < -0.4 is 16.2 Å². The zero-order valence-corrected chi connectivity index (χ0v) is 16.3. The first-order chi connectivity index (χ1) is 13.1. The fraction of sp³-hybridized carbons (Fsp3) is 0.211. The molecule has 1 aliphatic rings. The van der Waals surface area contributed by atoms with Crippen molar-refractivity contribution in [1.82, 2.24) is 5.32 Å². The van der Waals surface area contributed by atoms with Crippen LogP contribution in [0, 0.1) is 0 Å². The Hall–Kier alpha value is -3.04. The highest BCUT2D eigenvalue weighted by Gasteiger charge is 2.30. The Kier molecular flexibility index (Phi) is 5.05. The molecular weight excluding hydrogens is 378 g/mol. The lowest BCUT2D eigenvalue weighted by molar-refractivity contribution is -0.114. The Labute approximate surface area is 163 Å². The summed E-state index contributed by atoms with van der Waals surface area (Å²) < 4.78 is 23.0. The highest BCUT2D eigenvalue weighted by atomic mass is 32.2. The molecule has 2 aromatic rings. The maximum absolute atomic E-state index is 12.1. The third-order valence-electron chi connectivity index (χ3n) is 4.26. The molecule has 0 spiro atoms. The van der Waals surface area contributed by atoms with Gasteiger partial charge >= 0.3 is 0 Å². The van der Waals surface area contributed by atoms with E-state index in [0.717, 1.165) is 17.5 Å². The first-order valence-electron chi connectivity index (χ1n) is 8.52. The minimum Gasteiger partial charge on any atom is -0.377 e. The van der Waals surface area contributed by atoms with Crippen LogP contribution in [0.2, 0.25) is 0 Å². The molecule has 146 valence electrons. The molecule has 0 saturated carbocycles. The van der Waals surface area contributed by atoms with Crippen LogP contribution in [0.4, 0.5) is 5.69 Å². The predicted octanol–water partition coefficient (Wildman–Crippen LogP) is 2.20. The Morgan fingerprint density at radius 1 is 1.14 bits per heavy atom. The maximum atomic E-state index is 12.1. The number of hydrogen-bond donors (Lipinski definition) is 3. The van der Waals surface area contributed by atoms with Crippen LogP contribution in [0.3, 0.4) is 0 Å². The van der Waals surface area contributed by atoms with Crippen LogP contribution in [-0.4, -0.2) is 19.9 Å². The first kappa shape index (κ1) is 19.7. The predicted molar refractivity (Wildman–Crippen MR) is 106 cm³/mol. The van der Waals surface area contributed by atoms with E-state index in [0.29, 0.717) is 5.70 Å². The van der Waals surface area contributed by atoms with Gasteiger partial charge in [-0.15, -0.1) is 5.11 Å². The molecule has 2 aromatic carbocycles. The molecule has 0 fully saturated rings. The number of carbonyl (C=O) groups is 1. The molecule has 0 unspecified atom stereocenters. The molecule has 1 amide bonds. The van der Waals surface area contributed by atoms with E-state index >= 15 is 0 Å². The number of primary sulfonamides is 1. The van der Waals surface area contributed by atoms with Crippen molar-refractivity contribution in [2.24, 2.45) is 21.1 Å². The van der Waals surface area contributed by atoms with Gasteiger partial charge in [-0.05, 0) is 44.0 Å². The zero-order chi connectivity index (χ0) is 20.5. The van der Waals surface area contributed by atoms with Gasteiger partial charge in [-0.2, -0.15) is 5.11 Å². The van der Waals surface area contributed by atoms with E-state index in [1.54, 1.807) is 6.07 Å². The second-order valence-corrected chi connectivity index (χ2v) is 8.73. The lowest BCUT2D eigenvalue weighted by Gasteiger charge is -2.35. The molecule has 8 nitrogen and oxygen atoms in total. The first-order valence-corrected chi connectivity index (χ1v) is 10.1. The lowest BCUT2D eigenvalue weighted by Crippen LogP contribution is -2.44. The van der Waals surface area contributed by atoms with Crippen molar-refractivity contribution < 1.29 is 13.2 Å². The third-order valence-corrected chi connectivity index (χ3v) is 5.18. The normalized spacial score (nSPS) is 17.7. The number of carbonyl (C=O) groups excluding carboxylic acids is 1. The number of hydrogen-bond acceptors (Lipinski definition) is 6. The Bertz CT molecular complexity index is 1100. The summed E-state index contributed by atoms with van der Waals surface area (Å²) in [6.45, 7) is 4.02. The van der Waals surface area contributed by atoms with E-state index in [1.807, 2.05) is 38.1 Å². The molecule has 5 N–H and O–H groups in total.